The Kier molecular flexibility index (Phi) is 5.69. The van der Waals surface area contributed by atoms with Gasteiger partial charge in [-0.15, -0.1) is 0 Å². The van der Waals surface area contributed by atoms with Crippen molar-refractivity contribution in [2.75, 3.05) is 7.11 Å². The SMILES string of the molecule is COc1cccc(C(=O)NNC(=O)c2cc3nc(-c4ccccc4)cc(C(F)(F)F)n3n2)c1. The lowest BCUT2D eigenvalue weighted by atomic mass is 10.1. The van der Waals surface area contributed by atoms with E-state index in [-0.39, 0.29) is 22.6 Å². The van der Waals surface area contributed by atoms with E-state index in [2.05, 4.69) is 20.9 Å². The topological polar surface area (TPSA) is 97.6 Å². The maximum atomic E-state index is 13.7. The van der Waals surface area contributed by atoms with Gasteiger partial charge in [0.05, 0.1) is 12.8 Å². The monoisotopic (exact) mass is 455 g/mol. The van der Waals surface area contributed by atoms with Crippen LogP contribution in [0.4, 0.5) is 13.2 Å². The third kappa shape index (κ3) is 4.61. The summed E-state index contributed by atoms with van der Waals surface area (Å²) in [6.45, 7) is 0. The van der Waals surface area contributed by atoms with E-state index in [1.165, 1.54) is 19.2 Å². The molecule has 0 fully saturated rings. The molecule has 168 valence electrons. The number of ether oxygens (including phenoxy) is 1. The Labute approximate surface area is 185 Å². The van der Waals surface area contributed by atoms with Gasteiger partial charge in [0.25, 0.3) is 11.8 Å². The zero-order valence-electron chi connectivity index (χ0n) is 17.1. The standard InChI is InChI=1S/C22H16F3N5O3/c1-33-15-9-5-8-14(10-15)20(31)27-28-21(32)17-12-19-26-16(13-6-3-2-4-7-13)11-18(22(23,24)25)30(19)29-17/h2-12H,1H3,(H,27,31)(H,28,32). The molecule has 0 aliphatic carbocycles. The van der Waals surface area contributed by atoms with Gasteiger partial charge in [0, 0.05) is 17.2 Å². The second kappa shape index (κ2) is 8.61. The van der Waals surface area contributed by atoms with Gasteiger partial charge in [-0.05, 0) is 24.3 Å². The van der Waals surface area contributed by atoms with E-state index in [1.54, 1.807) is 42.5 Å². The van der Waals surface area contributed by atoms with E-state index >= 15 is 0 Å². The number of halogens is 3. The zero-order chi connectivity index (χ0) is 23.6. The maximum Gasteiger partial charge on any atom is 0.433 e. The quantitative estimate of drug-likeness (QED) is 0.459. The lowest BCUT2D eigenvalue weighted by molar-refractivity contribution is -0.142. The van der Waals surface area contributed by atoms with E-state index in [0.717, 1.165) is 12.1 Å². The first-order chi connectivity index (χ1) is 15.8. The highest BCUT2D eigenvalue weighted by molar-refractivity contribution is 5.98. The van der Waals surface area contributed by atoms with E-state index in [0.29, 0.717) is 15.8 Å². The molecule has 0 radical (unpaired) electrons. The van der Waals surface area contributed by atoms with Crippen molar-refractivity contribution in [2.24, 2.45) is 0 Å². The Morgan fingerprint density at radius 1 is 0.939 bits per heavy atom. The average molecular weight is 455 g/mol. The molecule has 2 aromatic heterocycles. The number of benzene rings is 2. The number of rotatable bonds is 4. The summed E-state index contributed by atoms with van der Waals surface area (Å²) in [6.07, 6.45) is -4.74. The van der Waals surface area contributed by atoms with Gasteiger partial charge in [-0.25, -0.2) is 9.50 Å². The number of aromatic nitrogens is 3. The van der Waals surface area contributed by atoms with Crippen LogP contribution in [0.2, 0.25) is 0 Å². The molecule has 33 heavy (non-hydrogen) atoms. The summed E-state index contributed by atoms with van der Waals surface area (Å²) in [6, 6.07) is 16.5. The Hall–Kier alpha value is -4.41. The van der Waals surface area contributed by atoms with Gasteiger partial charge in [-0.3, -0.25) is 20.4 Å². The third-order valence-corrected chi connectivity index (χ3v) is 4.64. The van der Waals surface area contributed by atoms with Crippen LogP contribution in [-0.2, 0) is 6.18 Å². The molecule has 0 saturated carbocycles. The molecule has 2 heterocycles. The number of alkyl halides is 3. The van der Waals surface area contributed by atoms with Gasteiger partial charge >= 0.3 is 6.18 Å². The average Bonchev–Trinajstić information content (AvgIpc) is 3.26. The molecule has 0 unspecified atom stereocenters. The van der Waals surface area contributed by atoms with Gasteiger partial charge in [0.2, 0.25) is 0 Å². The number of hydrazine groups is 1. The maximum absolute atomic E-state index is 13.7. The number of fused-ring (bicyclic) bond motifs is 1. The second-order valence-corrected chi connectivity index (χ2v) is 6.83. The highest BCUT2D eigenvalue weighted by Crippen LogP contribution is 2.32. The van der Waals surface area contributed by atoms with Crippen LogP contribution in [0.25, 0.3) is 16.9 Å². The van der Waals surface area contributed by atoms with Crippen molar-refractivity contribution < 1.29 is 27.5 Å². The smallest absolute Gasteiger partial charge is 0.433 e. The van der Waals surface area contributed by atoms with Crippen LogP contribution in [0.5, 0.6) is 5.75 Å². The lowest BCUT2D eigenvalue weighted by Crippen LogP contribution is -2.41. The van der Waals surface area contributed by atoms with E-state index in [1.807, 2.05) is 0 Å². The lowest BCUT2D eigenvalue weighted by Gasteiger charge is -2.11. The summed E-state index contributed by atoms with van der Waals surface area (Å²) >= 11 is 0. The minimum Gasteiger partial charge on any atom is -0.497 e. The fourth-order valence-corrected chi connectivity index (χ4v) is 3.06. The first-order valence-corrected chi connectivity index (χ1v) is 9.54. The van der Waals surface area contributed by atoms with Gasteiger partial charge in [0.15, 0.2) is 17.0 Å². The highest BCUT2D eigenvalue weighted by atomic mass is 19.4. The number of carbonyl (C=O) groups excluding carboxylic acids is 2. The second-order valence-electron chi connectivity index (χ2n) is 6.83. The van der Waals surface area contributed by atoms with Crippen molar-refractivity contribution >= 4 is 17.5 Å². The molecule has 0 atom stereocenters. The van der Waals surface area contributed by atoms with Gasteiger partial charge < -0.3 is 4.74 Å². The Bertz CT molecular complexity index is 1340. The summed E-state index contributed by atoms with van der Waals surface area (Å²) in [5, 5.41) is 3.74. The Morgan fingerprint density at radius 3 is 2.36 bits per heavy atom. The van der Waals surface area contributed by atoms with Crippen molar-refractivity contribution in [3.8, 4) is 17.0 Å². The normalized spacial score (nSPS) is 11.3. The molecule has 2 amide bonds. The van der Waals surface area contributed by atoms with Crippen LogP contribution in [-0.4, -0.2) is 33.5 Å². The fourth-order valence-electron chi connectivity index (χ4n) is 3.06. The summed E-state index contributed by atoms with van der Waals surface area (Å²) < 4.78 is 46.6. The van der Waals surface area contributed by atoms with Crippen LogP contribution < -0.4 is 15.6 Å². The predicted molar refractivity (Wildman–Crippen MR) is 111 cm³/mol. The van der Waals surface area contributed by atoms with Crippen LogP contribution in [0.1, 0.15) is 26.5 Å². The molecule has 0 saturated heterocycles. The number of amides is 2. The number of carbonyl (C=O) groups is 2. The molecule has 8 nitrogen and oxygen atoms in total. The van der Waals surface area contributed by atoms with Crippen LogP contribution in [0.15, 0.2) is 66.7 Å². The van der Waals surface area contributed by atoms with Crippen LogP contribution in [0.3, 0.4) is 0 Å². The fraction of sp³-hybridized carbons (Fsp3) is 0.0909. The Balaban J connectivity index is 1.61. The van der Waals surface area contributed by atoms with Crippen LogP contribution >= 0.6 is 0 Å². The molecule has 4 aromatic rings. The van der Waals surface area contributed by atoms with Gasteiger partial charge in [0.1, 0.15) is 5.75 Å². The summed E-state index contributed by atoms with van der Waals surface area (Å²) in [4.78, 5) is 28.9. The van der Waals surface area contributed by atoms with Gasteiger partial charge in [-0.2, -0.15) is 18.3 Å². The van der Waals surface area contributed by atoms with Crippen molar-refractivity contribution in [2.45, 2.75) is 6.18 Å². The van der Waals surface area contributed by atoms with Crippen molar-refractivity contribution in [1.29, 1.82) is 0 Å². The predicted octanol–water partition coefficient (Wildman–Crippen LogP) is 3.50. The molecule has 4 rings (SSSR count). The molecule has 0 spiro atoms. The number of hydrogen-bond donors (Lipinski definition) is 2. The van der Waals surface area contributed by atoms with E-state index in [9.17, 15) is 22.8 Å². The minimum absolute atomic E-state index is 0.0774. The summed E-state index contributed by atoms with van der Waals surface area (Å²) in [5.74, 6) is -1.12. The van der Waals surface area contributed by atoms with Crippen molar-refractivity contribution in [1.82, 2.24) is 25.4 Å². The highest BCUT2D eigenvalue weighted by Gasteiger charge is 2.35. The first-order valence-electron chi connectivity index (χ1n) is 9.54. The molecule has 0 aliphatic rings. The largest absolute Gasteiger partial charge is 0.497 e. The molecular formula is C22H16F3N5O3. The molecule has 0 bridgehead atoms. The number of hydrogen-bond acceptors (Lipinski definition) is 5. The number of nitrogens with one attached hydrogen (secondary N) is 2. The van der Waals surface area contributed by atoms with Crippen LogP contribution in [0, 0.1) is 0 Å². The van der Waals surface area contributed by atoms with E-state index in [4.69, 9.17) is 4.74 Å². The summed E-state index contributed by atoms with van der Waals surface area (Å²) in [5.41, 5.74) is 3.46. The molecule has 0 aliphatic heterocycles. The molecule has 11 heteroatoms. The summed E-state index contributed by atoms with van der Waals surface area (Å²) in [7, 11) is 1.44. The number of nitrogens with zero attached hydrogens (tertiary/aromatic N) is 3. The van der Waals surface area contributed by atoms with Crippen molar-refractivity contribution in [3.05, 3.63) is 83.7 Å². The zero-order valence-corrected chi connectivity index (χ0v) is 17.1. The van der Waals surface area contributed by atoms with Gasteiger partial charge in [-0.1, -0.05) is 36.4 Å². The van der Waals surface area contributed by atoms with Crippen molar-refractivity contribution in [3.63, 3.8) is 0 Å². The number of methoxy groups -OCH3 is 1. The molecule has 2 aromatic carbocycles. The minimum atomic E-state index is -4.74. The molecular weight excluding hydrogens is 439 g/mol. The third-order valence-electron chi connectivity index (χ3n) is 4.64. The first kappa shape index (κ1) is 21.8. The Morgan fingerprint density at radius 2 is 1.67 bits per heavy atom. The van der Waals surface area contributed by atoms with E-state index < -0.39 is 23.7 Å². The molecule has 2 N–H and O–H groups in total.